The second-order valence-corrected chi connectivity index (χ2v) is 9.63. The SMILES string of the molecule is C=C(O/C=C(\C)C1(O)CC1)c1cc(F)c(-c2nc3cc(C)ccn3c2CC(CC)OCCC)c(F)c1. The molecule has 1 fully saturated rings. The highest BCUT2D eigenvalue weighted by Crippen LogP contribution is 2.42. The van der Waals surface area contributed by atoms with E-state index in [9.17, 15) is 5.11 Å². The zero-order valence-electron chi connectivity index (χ0n) is 21.4. The predicted molar refractivity (Wildman–Crippen MR) is 137 cm³/mol. The number of ether oxygens (including phenoxy) is 2. The van der Waals surface area contributed by atoms with Gasteiger partial charge in [0.25, 0.3) is 0 Å². The van der Waals surface area contributed by atoms with Crippen LogP contribution in [0.5, 0.6) is 0 Å². The van der Waals surface area contributed by atoms with Crippen LogP contribution in [0.25, 0.3) is 22.7 Å². The van der Waals surface area contributed by atoms with Crippen LogP contribution in [0.2, 0.25) is 0 Å². The van der Waals surface area contributed by atoms with Crippen LogP contribution in [-0.2, 0) is 15.9 Å². The van der Waals surface area contributed by atoms with Crippen LogP contribution < -0.4 is 0 Å². The summed E-state index contributed by atoms with van der Waals surface area (Å²) < 4.78 is 44.4. The molecule has 3 aromatic rings. The van der Waals surface area contributed by atoms with E-state index >= 15 is 8.78 Å². The molecule has 5 nitrogen and oxygen atoms in total. The third-order valence-corrected chi connectivity index (χ3v) is 6.75. The minimum absolute atomic E-state index is 0.0906. The number of rotatable bonds is 11. The summed E-state index contributed by atoms with van der Waals surface area (Å²) in [6.07, 6.45) is 6.65. The number of aryl methyl sites for hydroxylation is 1. The van der Waals surface area contributed by atoms with Gasteiger partial charge in [0.05, 0.1) is 34.9 Å². The Morgan fingerprint density at radius 2 is 1.94 bits per heavy atom. The molecule has 2 aromatic heterocycles. The molecule has 1 saturated carbocycles. The summed E-state index contributed by atoms with van der Waals surface area (Å²) in [5.74, 6) is -1.41. The number of fused-ring (bicyclic) bond motifs is 1. The number of halogens is 2. The summed E-state index contributed by atoms with van der Waals surface area (Å²) in [5, 5.41) is 10.1. The summed E-state index contributed by atoms with van der Waals surface area (Å²) in [6.45, 7) is 12.2. The summed E-state index contributed by atoms with van der Waals surface area (Å²) in [7, 11) is 0. The van der Waals surface area contributed by atoms with E-state index in [2.05, 4.69) is 11.6 Å². The molecule has 192 valence electrons. The fourth-order valence-corrected chi connectivity index (χ4v) is 4.22. The van der Waals surface area contributed by atoms with Gasteiger partial charge in [-0.1, -0.05) is 20.4 Å². The summed E-state index contributed by atoms with van der Waals surface area (Å²) in [6, 6.07) is 6.25. The summed E-state index contributed by atoms with van der Waals surface area (Å²) in [4.78, 5) is 4.64. The number of nitrogens with zero attached hydrogens (tertiary/aromatic N) is 2. The van der Waals surface area contributed by atoms with Crippen LogP contribution in [0.1, 0.15) is 63.3 Å². The van der Waals surface area contributed by atoms with Gasteiger partial charge in [-0.25, -0.2) is 13.8 Å². The third-order valence-electron chi connectivity index (χ3n) is 6.75. The first kappa shape index (κ1) is 26.0. The number of pyridine rings is 1. The largest absolute Gasteiger partial charge is 0.465 e. The van der Waals surface area contributed by atoms with Crippen molar-refractivity contribution in [3.63, 3.8) is 0 Å². The Hall–Kier alpha value is -3.03. The summed E-state index contributed by atoms with van der Waals surface area (Å²) >= 11 is 0. The maximum atomic E-state index is 15.5. The lowest BCUT2D eigenvalue weighted by atomic mass is 10.0. The second-order valence-electron chi connectivity index (χ2n) is 9.63. The average molecular weight is 497 g/mol. The van der Waals surface area contributed by atoms with E-state index in [-0.39, 0.29) is 28.7 Å². The van der Waals surface area contributed by atoms with Crippen molar-refractivity contribution in [2.24, 2.45) is 0 Å². The quantitative estimate of drug-likeness (QED) is 0.298. The molecule has 0 spiro atoms. The van der Waals surface area contributed by atoms with Gasteiger partial charge in [0, 0.05) is 24.8 Å². The first-order chi connectivity index (χ1) is 17.2. The van der Waals surface area contributed by atoms with Crippen LogP contribution in [0.4, 0.5) is 8.78 Å². The van der Waals surface area contributed by atoms with Crippen LogP contribution in [0, 0.1) is 18.6 Å². The Balaban J connectivity index is 1.71. The number of aromatic nitrogens is 2. The molecule has 1 aliphatic carbocycles. The van der Waals surface area contributed by atoms with Gasteiger partial charge in [-0.2, -0.15) is 0 Å². The van der Waals surface area contributed by atoms with Crippen molar-refractivity contribution in [3.8, 4) is 11.3 Å². The van der Waals surface area contributed by atoms with Crippen LogP contribution in [0.15, 0.2) is 48.9 Å². The van der Waals surface area contributed by atoms with Crippen molar-refractivity contribution in [2.75, 3.05) is 6.61 Å². The minimum Gasteiger partial charge on any atom is -0.465 e. The van der Waals surface area contributed by atoms with Crippen LogP contribution in [-0.4, -0.2) is 32.8 Å². The molecule has 1 aromatic carbocycles. The van der Waals surface area contributed by atoms with E-state index in [0.717, 1.165) is 18.4 Å². The zero-order valence-corrected chi connectivity index (χ0v) is 21.4. The molecule has 0 saturated heterocycles. The van der Waals surface area contributed by atoms with Crippen molar-refractivity contribution >= 4 is 11.4 Å². The fourth-order valence-electron chi connectivity index (χ4n) is 4.22. The Kier molecular flexibility index (Phi) is 7.62. The van der Waals surface area contributed by atoms with E-state index in [1.165, 1.54) is 18.4 Å². The predicted octanol–water partition coefficient (Wildman–Crippen LogP) is 6.75. The molecular weight excluding hydrogens is 462 g/mol. The lowest BCUT2D eigenvalue weighted by Gasteiger charge is -2.17. The van der Waals surface area contributed by atoms with Crippen molar-refractivity contribution in [2.45, 2.75) is 71.5 Å². The molecule has 0 amide bonds. The summed E-state index contributed by atoms with van der Waals surface area (Å²) in [5.41, 5.74) is 2.40. The van der Waals surface area contributed by atoms with E-state index < -0.39 is 17.2 Å². The molecule has 1 atom stereocenters. The maximum absolute atomic E-state index is 15.5. The normalized spacial score (nSPS) is 15.8. The fraction of sp³-hybridized carbons (Fsp3) is 0.414. The van der Waals surface area contributed by atoms with Crippen molar-refractivity contribution in [1.82, 2.24) is 9.38 Å². The lowest BCUT2D eigenvalue weighted by molar-refractivity contribution is 0.0508. The standard InChI is InChI=1S/C29H34F2N2O3/c1-6-12-35-22(7-2)16-25-28(32-26-13-18(3)8-11-33(25)26)27-23(30)14-21(15-24(27)31)20(5)36-17-19(4)29(34)9-10-29/h8,11,13-15,17,22,34H,5-7,9-10,12,16H2,1-4H3/b19-17+. The molecule has 1 unspecified atom stereocenters. The zero-order chi connectivity index (χ0) is 26.0. The molecule has 1 aliphatic rings. The van der Waals surface area contributed by atoms with Gasteiger partial charge in [-0.3, -0.25) is 0 Å². The topological polar surface area (TPSA) is 56.0 Å². The highest BCUT2D eigenvalue weighted by Gasteiger charge is 2.42. The van der Waals surface area contributed by atoms with Gasteiger partial charge < -0.3 is 19.0 Å². The lowest BCUT2D eigenvalue weighted by Crippen LogP contribution is -2.17. The average Bonchev–Trinajstić information content (AvgIpc) is 3.51. The van der Waals surface area contributed by atoms with Crippen molar-refractivity contribution < 1.29 is 23.4 Å². The van der Waals surface area contributed by atoms with E-state index in [0.29, 0.717) is 42.8 Å². The number of benzene rings is 1. The van der Waals surface area contributed by atoms with Gasteiger partial charge in [-0.05, 0) is 74.9 Å². The second kappa shape index (κ2) is 10.5. The van der Waals surface area contributed by atoms with Gasteiger partial charge in [0.1, 0.15) is 23.0 Å². The van der Waals surface area contributed by atoms with E-state index in [1.54, 1.807) is 6.92 Å². The van der Waals surface area contributed by atoms with Gasteiger partial charge in [0.15, 0.2) is 0 Å². The molecule has 36 heavy (non-hydrogen) atoms. The number of hydrogen-bond donors (Lipinski definition) is 1. The third kappa shape index (κ3) is 5.37. The monoisotopic (exact) mass is 496 g/mol. The van der Waals surface area contributed by atoms with E-state index in [1.807, 2.05) is 43.5 Å². The molecular formula is C29H34F2N2O3. The van der Waals surface area contributed by atoms with Gasteiger partial charge in [0.2, 0.25) is 0 Å². The molecule has 2 heterocycles. The Morgan fingerprint density at radius 1 is 1.25 bits per heavy atom. The number of hydrogen-bond acceptors (Lipinski definition) is 4. The molecule has 4 rings (SSSR count). The van der Waals surface area contributed by atoms with Crippen molar-refractivity contribution in [3.05, 3.63) is 77.3 Å². The number of imidazole rings is 1. The Bertz CT molecular complexity index is 1280. The van der Waals surface area contributed by atoms with Gasteiger partial charge in [-0.15, -0.1) is 0 Å². The Labute approximate surface area is 211 Å². The Morgan fingerprint density at radius 3 is 2.56 bits per heavy atom. The highest BCUT2D eigenvalue weighted by atomic mass is 19.1. The van der Waals surface area contributed by atoms with Crippen LogP contribution in [0.3, 0.4) is 0 Å². The van der Waals surface area contributed by atoms with Crippen molar-refractivity contribution in [1.29, 1.82) is 0 Å². The molecule has 0 bridgehead atoms. The smallest absolute Gasteiger partial charge is 0.137 e. The van der Waals surface area contributed by atoms with Gasteiger partial charge >= 0.3 is 0 Å². The van der Waals surface area contributed by atoms with Crippen LogP contribution >= 0.6 is 0 Å². The maximum Gasteiger partial charge on any atom is 0.137 e. The molecule has 7 heteroatoms. The first-order valence-corrected chi connectivity index (χ1v) is 12.5. The minimum atomic E-state index is -0.838. The molecule has 0 aliphatic heterocycles. The number of aliphatic hydroxyl groups is 1. The molecule has 0 radical (unpaired) electrons. The first-order valence-electron chi connectivity index (χ1n) is 12.5. The molecule has 1 N–H and O–H groups in total. The van der Waals surface area contributed by atoms with E-state index in [4.69, 9.17) is 9.47 Å². The highest BCUT2D eigenvalue weighted by molar-refractivity contribution is 5.71.